The number of rotatable bonds is 6. The number of esters is 1. The van der Waals surface area contributed by atoms with Crippen LogP contribution in [0.2, 0.25) is 0 Å². The van der Waals surface area contributed by atoms with Gasteiger partial charge in [0.05, 0.1) is 25.8 Å². The summed E-state index contributed by atoms with van der Waals surface area (Å²) in [6, 6.07) is 11.9. The number of amides is 1. The summed E-state index contributed by atoms with van der Waals surface area (Å²) in [7, 11) is 1.94. The number of methoxy groups -OCH3 is 2. The predicted octanol–water partition coefficient (Wildman–Crippen LogP) is 5.91. The summed E-state index contributed by atoms with van der Waals surface area (Å²) in [4.78, 5) is 26.5. The number of nitrogens with zero attached hydrogens (tertiary/aromatic N) is 2. The average Bonchev–Trinajstić information content (AvgIpc) is 3.74. The van der Waals surface area contributed by atoms with Crippen LogP contribution in [0.3, 0.4) is 0 Å². The number of fused-ring (bicyclic) bond motifs is 6. The highest BCUT2D eigenvalue weighted by molar-refractivity contribution is 7.87. The fourth-order valence-electron chi connectivity index (χ4n) is 7.53. The molecule has 1 amide bonds. The molecule has 1 aromatic heterocycles. The molecule has 1 spiro atoms. The van der Waals surface area contributed by atoms with Crippen molar-refractivity contribution >= 4 is 33.0 Å². The maximum absolute atomic E-state index is 13.3. The lowest BCUT2D eigenvalue weighted by molar-refractivity contribution is -0.146. The van der Waals surface area contributed by atoms with Gasteiger partial charge < -0.3 is 14.0 Å². The van der Waals surface area contributed by atoms with Crippen molar-refractivity contribution in [2.45, 2.75) is 82.1 Å². The van der Waals surface area contributed by atoms with E-state index in [1.807, 2.05) is 12.1 Å². The standard InChI is InChI=1S/C34H43N3O6S/c1-36(2)44(40,41)35-32(38)23-12-14-27-29(19-23)37-21-24(33(39)43-4)11-8-16-34(17-18-34)28-20-25(42-3)13-15-26(28)31(37)30(27)22-9-6-5-7-10-22/h12-15,19-20,22,24H,5-11,16-18,21H2,1-4H3,(H,35,38)/t24-/m0/s1. The molecule has 1 atom stereocenters. The summed E-state index contributed by atoms with van der Waals surface area (Å²) >= 11 is 0. The Morgan fingerprint density at radius 1 is 0.955 bits per heavy atom. The molecule has 9 nitrogen and oxygen atoms in total. The zero-order chi connectivity index (χ0) is 31.2. The lowest BCUT2D eigenvalue weighted by atomic mass is 9.79. The lowest BCUT2D eigenvalue weighted by Gasteiger charge is -2.29. The summed E-state index contributed by atoms with van der Waals surface area (Å²) < 4.78 is 41.4. The number of hydrogen-bond acceptors (Lipinski definition) is 6. The molecule has 3 aliphatic rings. The van der Waals surface area contributed by atoms with E-state index < -0.39 is 16.1 Å². The number of carbonyl (C=O) groups excluding carboxylic acids is 2. The van der Waals surface area contributed by atoms with E-state index in [0.29, 0.717) is 18.9 Å². The number of aromatic nitrogens is 1. The maximum atomic E-state index is 13.3. The van der Waals surface area contributed by atoms with E-state index in [1.54, 1.807) is 19.2 Å². The SMILES string of the molecule is COC(=O)[C@H]1CCCC2(CC2)c2cc(OC)ccc2-c2c(C3CCCCC3)c3ccc(C(=O)NS(=O)(=O)N(C)C)cc3n2C1. The van der Waals surface area contributed by atoms with Crippen LogP contribution in [0.1, 0.15) is 91.6 Å². The molecule has 2 aromatic carbocycles. The quantitative estimate of drug-likeness (QED) is 0.343. The normalized spacial score (nSPS) is 20.2. The van der Waals surface area contributed by atoms with Gasteiger partial charge in [-0.05, 0) is 91.3 Å². The van der Waals surface area contributed by atoms with Crippen LogP contribution in [-0.4, -0.2) is 57.5 Å². The van der Waals surface area contributed by atoms with Gasteiger partial charge in [-0.1, -0.05) is 31.7 Å². The Kier molecular flexibility index (Phi) is 8.26. The van der Waals surface area contributed by atoms with Crippen LogP contribution in [0.25, 0.3) is 22.2 Å². The van der Waals surface area contributed by atoms with Crippen molar-refractivity contribution in [2.75, 3.05) is 28.3 Å². The van der Waals surface area contributed by atoms with Crippen LogP contribution < -0.4 is 9.46 Å². The van der Waals surface area contributed by atoms with Crippen molar-refractivity contribution in [1.29, 1.82) is 0 Å². The van der Waals surface area contributed by atoms with E-state index in [9.17, 15) is 18.0 Å². The summed E-state index contributed by atoms with van der Waals surface area (Å²) in [5, 5.41) is 1.05. The van der Waals surface area contributed by atoms with Gasteiger partial charge >= 0.3 is 16.2 Å². The topological polar surface area (TPSA) is 107 Å². The van der Waals surface area contributed by atoms with Gasteiger partial charge in [-0.25, -0.2) is 4.72 Å². The van der Waals surface area contributed by atoms with E-state index >= 15 is 0 Å². The minimum absolute atomic E-state index is 0.0403. The second-order valence-electron chi connectivity index (χ2n) is 13.0. The summed E-state index contributed by atoms with van der Waals surface area (Å²) in [6.07, 6.45) is 10.5. The third-order valence-electron chi connectivity index (χ3n) is 10.1. The van der Waals surface area contributed by atoms with Crippen molar-refractivity contribution in [1.82, 2.24) is 13.6 Å². The van der Waals surface area contributed by atoms with Crippen LogP contribution in [-0.2, 0) is 31.7 Å². The Morgan fingerprint density at radius 3 is 2.36 bits per heavy atom. The highest BCUT2D eigenvalue weighted by atomic mass is 32.2. The van der Waals surface area contributed by atoms with Gasteiger partial charge in [0.25, 0.3) is 5.91 Å². The van der Waals surface area contributed by atoms with Crippen molar-refractivity contribution in [3.05, 3.63) is 53.1 Å². The minimum atomic E-state index is -3.97. The Bertz CT molecular complexity index is 1700. The second kappa shape index (κ2) is 11.9. The largest absolute Gasteiger partial charge is 0.497 e. The zero-order valence-corrected chi connectivity index (χ0v) is 27.0. The molecule has 236 valence electrons. The number of hydrogen-bond donors (Lipinski definition) is 1. The number of benzene rings is 2. The van der Waals surface area contributed by atoms with Gasteiger partial charge in [0, 0.05) is 42.7 Å². The van der Waals surface area contributed by atoms with Crippen molar-refractivity contribution in [2.24, 2.45) is 5.92 Å². The van der Waals surface area contributed by atoms with Crippen molar-refractivity contribution < 1.29 is 27.5 Å². The summed E-state index contributed by atoms with van der Waals surface area (Å²) in [5.74, 6) is -0.107. The third kappa shape index (κ3) is 5.51. The molecule has 2 saturated carbocycles. The van der Waals surface area contributed by atoms with Crippen LogP contribution >= 0.6 is 0 Å². The second-order valence-corrected chi connectivity index (χ2v) is 14.8. The molecule has 3 aromatic rings. The maximum Gasteiger partial charge on any atom is 0.310 e. The molecule has 10 heteroatoms. The minimum Gasteiger partial charge on any atom is -0.497 e. The molecule has 1 aliphatic heterocycles. The zero-order valence-electron chi connectivity index (χ0n) is 26.1. The fraction of sp³-hybridized carbons (Fsp3) is 0.529. The van der Waals surface area contributed by atoms with Crippen LogP contribution in [0.4, 0.5) is 0 Å². The van der Waals surface area contributed by atoms with Crippen LogP contribution in [0.15, 0.2) is 36.4 Å². The molecule has 0 bridgehead atoms. The van der Waals surface area contributed by atoms with E-state index in [1.165, 1.54) is 38.8 Å². The first-order valence-corrected chi connectivity index (χ1v) is 17.2. The molecule has 1 N–H and O–H groups in total. The smallest absolute Gasteiger partial charge is 0.310 e. The fourth-order valence-corrected chi connectivity index (χ4v) is 8.06. The molecular weight excluding hydrogens is 578 g/mol. The predicted molar refractivity (Wildman–Crippen MR) is 170 cm³/mol. The van der Waals surface area contributed by atoms with Gasteiger partial charge in [-0.2, -0.15) is 12.7 Å². The number of carbonyl (C=O) groups is 2. The molecule has 44 heavy (non-hydrogen) atoms. The Labute approximate surface area is 260 Å². The molecule has 0 radical (unpaired) electrons. The van der Waals surface area contributed by atoms with Crippen LogP contribution in [0, 0.1) is 5.92 Å². The molecule has 2 fully saturated rings. The van der Waals surface area contributed by atoms with Gasteiger partial charge in [-0.15, -0.1) is 0 Å². The van der Waals surface area contributed by atoms with Crippen LogP contribution in [0.5, 0.6) is 5.75 Å². The number of nitrogens with one attached hydrogen (secondary N) is 1. The van der Waals surface area contributed by atoms with Gasteiger partial charge in [0.15, 0.2) is 0 Å². The molecule has 2 aliphatic carbocycles. The van der Waals surface area contributed by atoms with E-state index in [4.69, 9.17) is 9.47 Å². The highest BCUT2D eigenvalue weighted by Gasteiger charge is 2.46. The highest BCUT2D eigenvalue weighted by Crippen LogP contribution is 2.57. The molecule has 6 rings (SSSR count). The average molecular weight is 622 g/mol. The summed E-state index contributed by atoms with van der Waals surface area (Å²) in [6.45, 7) is 0.408. The van der Waals surface area contributed by atoms with Gasteiger partial charge in [0.2, 0.25) is 0 Å². The Hall–Kier alpha value is -3.37. The first-order valence-electron chi connectivity index (χ1n) is 15.8. The first kappa shape index (κ1) is 30.6. The molecule has 2 heterocycles. The Morgan fingerprint density at radius 2 is 1.70 bits per heavy atom. The van der Waals surface area contributed by atoms with Gasteiger partial charge in [-0.3, -0.25) is 9.59 Å². The van der Waals surface area contributed by atoms with E-state index in [0.717, 1.165) is 83.6 Å². The van der Waals surface area contributed by atoms with E-state index in [-0.39, 0.29) is 22.9 Å². The number of ether oxygens (including phenoxy) is 2. The monoisotopic (exact) mass is 621 g/mol. The summed E-state index contributed by atoms with van der Waals surface area (Å²) in [5.41, 5.74) is 5.94. The molecular formula is C34H43N3O6S. The van der Waals surface area contributed by atoms with E-state index in [2.05, 4.69) is 21.4 Å². The third-order valence-corrected chi connectivity index (χ3v) is 11.5. The van der Waals surface area contributed by atoms with Gasteiger partial charge in [0.1, 0.15) is 5.75 Å². The van der Waals surface area contributed by atoms with Crippen molar-refractivity contribution in [3.8, 4) is 17.0 Å². The molecule has 0 unspecified atom stereocenters. The van der Waals surface area contributed by atoms with Crippen molar-refractivity contribution in [3.63, 3.8) is 0 Å². The Balaban J connectivity index is 1.64. The molecule has 0 saturated heterocycles. The first-order chi connectivity index (χ1) is 21.1. The lowest BCUT2D eigenvalue weighted by Crippen LogP contribution is -2.39.